The number of rotatable bonds is 1. The quantitative estimate of drug-likeness (QED) is 0.618. The van der Waals surface area contributed by atoms with E-state index in [0.717, 1.165) is 23.2 Å². The zero-order valence-corrected chi connectivity index (χ0v) is 11.9. The number of hydrogen-bond acceptors (Lipinski definition) is 2. The molecular weight excluding hydrogens is 339 g/mol. The minimum atomic E-state index is 0.835. The van der Waals surface area contributed by atoms with Crippen LogP contribution in [-0.2, 0) is 0 Å². The third kappa shape index (κ3) is 3.22. The summed E-state index contributed by atoms with van der Waals surface area (Å²) in [5.41, 5.74) is 1.07. The van der Waals surface area contributed by atoms with Gasteiger partial charge in [-0.1, -0.05) is 6.07 Å². The van der Waals surface area contributed by atoms with Gasteiger partial charge in [-0.2, -0.15) is 0 Å². The van der Waals surface area contributed by atoms with E-state index in [0.29, 0.717) is 0 Å². The number of thiocarbonyl (C=S) groups is 1. The first kappa shape index (κ1) is 11.5. The Kier molecular flexibility index (Phi) is 4.10. The van der Waals surface area contributed by atoms with Crippen LogP contribution in [0.4, 0.5) is 5.69 Å². The Morgan fingerprint density at radius 3 is 3.07 bits per heavy atom. The van der Waals surface area contributed by atoms with Crippen molar-refractivity contribution in [1.29, 1.82) is 0 Å². The Morgan fingerprint density at radius 2 is 2.40 bits per heavy atom. The molecule has 80 valence electrons. The Labute approximate surface area is 113 Å². The SMILES string of the molecule is S=C(Nc1cccc(I)c1)N1CCSC1. The standard InChI is InChI=1S/C10H11IN2S2/c11-8-2-1-3-9(6-8)12-10(14)13-4-5-15-7-13/h1-3,6H,4-5,7H2,(H,12,14). The average Bonchev–Trinajstić information content (AvgIpc) is 2.70. The minimum Gasteiger partial charge on any atom is -0.339 e. The lowest BCUT2D eigenvalue weighted by molar-refractivity contribution is 0.552. The first-order valence-electron chi connectivity index (χ1n) is 4.65. The molecule has 0 aromatic heterocycles. The van der Waals surface area contributed by atoms with Crippen LogP contribution in [-0.4, -0.2) is 28.2 Å². The summed E-state index contributed by atoms with van der Waals surface area (Å²) in [5, 5.41) is 4.10. The average molecular weight is 350 g/mol. The molecule has 1 aliphatic heterocycles. The lowest BCUT2D eigenvalue weighted by atomic mass is 10.3. The monoisotopic (exact) mass is 350 g/mol. The van der Waals surface area contributed by atoms with Gasteiger partial charge >= 0.3 is 0 Å². The molecule has 1 heterocycles. The third-order valence-corrected chi connectivity index (χ3v) is 4.11. The number of hydrogen-bond donors (Lipinski definition) is 1. The van der Waals surface area contributed by atoms with Gasteiger partial charge in [0.1, 0.15) is 0 Å². The van der Waals surface area contributed by atoms with Crippen molar-refractivity contribution < 1.29 is 0 Å². The normalized spacial score (nSPS) is 15.4. The third-order valence-electron chi connectivity index (χ3n) is 2.12. The summed E-state index contributed by atoms with van der Waals surface area (Å²) in [6, 6.07) is 8.24. The van der Waals surface area contributed by atoms with Crippen molar-refractivity contribution in [3.05, 3.63) is 27.8 Å². The van der Waals surface area contributed by atoms with Crippen LogP contribution >= 0.6 is 46.6 Å². The molecule has 1 aromatic carbocycles. The molecule has 1 fully saturated rings. The molecule has 1 N–H and O–H groups in total. The Hall–Kier alpha value is -0.0100. The smallest absolute Gasteiger partial charge is 0.174 e. The molecule has 0 bridgehead atoms. The van der Waals surface area contributed by atoms with Crippen molar-refractivity contribution in [2.75, 3.05) is 23.5 Å². The van der Waals surface area contributed by atoms with Gasteiger partial charge in [0, 0.05) is 21.6 Å². The summed E-state index contributed by atoms with van der Waals surface area (Å²) >= 11 is 9.56. The largest absolute Gasteiger partial charge is 0.339 e. The molecule has 1 aliphatic rings. The van der Waals surface area contributed by atoms with E-state index in [1.165, 1.54) is 9.32 Å². The maximum Gasteiger partial charge on any atom is 0.174 e. The fraction of sp³-hybridized carbons (Fsp3) is 0.300. The van der Waals surface area contributed by atoms with Gasteiger partial charge in [-0.05, 0) is 53.0 Å². The fourth-order valence-electron chi connectivity index (χ4n) is 1.34. The molecule has 2 rings (SSSR count). The summed E-state index contributed by atoms with van der Waals surface area (Å²) < 4.78 is 1.22. The second-order valence-corrected chi connectivity index (χ2v) is 5.95. The van der Waals surface area contributed by atoms with Gasteiger partial charge in [-0.15, -0.1) is 11.8 Å². The van der Waals surface area contributed by atoms with Crippen LogP contribution in [0.2, 0.25) is 0 Å². The first-order valence-corrected chi connectivity index (χ1v) is 7.29. The maximum atomic E-state index is 5.34. The van der Waals surface area contributed by atoms with Gasteiger partial charge in [-0.25, -0.2) is 0 Å². The molecule has 1 saturated heterocycles. The van der Waals surface area contributed by atoms with Gasteiger partial charge in [0.25, 0.3) is 0 Å². The van der Waals surface area contributed by atoms with Gasteiger partial charge < -0.3 is 10.2 Å². The highest BCUT2D eigenvalue weighted by Crippen LogP contribution is 2.17. The van der Waals surface area contributed by atoms with Gasteiger partial charge in [0.05, 0.1) is 5.88 Å². The van der Waals surface area contributed by atoms with Crippen LogP contribution in [0.1, 0.15) is 0 Å². The van der Waals surface area contributed by atoms with Crippen molar-refractivity contribution in [3.63, 3.8) is 0 Å². The topological polar surface area (TPSA) is 15.3 Å². The molecule has 5 heteroatoms. The Balaban J connectivity index is 1.99. The lowest BCUT2D eigenvalue weighted by Crippen LogP contribution is -2.31. The number of nitrogens with one attached hydrogen (secondary N) is 1. The second-order valence-electron chi connectivity index (χ2n) is 3.24. The van der Waals surface area contributed by atoms with Crippen LogP contribution in [0.3, 0.4) is 0 Å². The van der Waals surface area contributed by atoms with E-state index in [2.05, 4.69) is 44.9 Å². The molecule has 0 radical (unpaired) electrons. The molecule has 0 unspecified atom stereocenters. The van der Waals surface area contributed by atoms with Crippen LogP contribution in [0.25, 0.3) is 0 Å². The summed E-state index contributed by atoms with van der Waals surface area (Å²) in [6.07, 6.45) is 0. The van der Waals surface area contributed by atoms with E-state index in [1.807, 2.05) is 23.9 Å². The number of nitrogens with zero attached hydrogens (tertiary/aromatic N) is 1. The van der Waals surface area contributed by atoms with E-state index < -0.39 is 0 Å². The van der Waals surface area contributed by atoms with E-state index in [9.17, 15) is 0 Å². The number of thioether (sulfide) groups is 1. The summed E-state index contributed by atoms with van der Waals surface area (Å²) in [6.45, 7) is 1.06. The van der Waals surface area contributed by atoms with Crippen LogP contribution in [0, 0.1) is 3.57 Å². The number of halogens is 1. The fourth-order valence-corrected chi connectivity index (χ4v) is 3.20. The van der Waals surface area contributed by atoms with Gasteiger partial charge in [-0.3, -0.25) is 0 Å². The maximum absolute atomic E-state index is 5.34. The van der Waals surface area contributed by atoms with E-state index in [1.54, 1.807) is 0 Å². The summed E-state index contributed by atoms with van der Waals surface area (Å²) in [5.74, 6) is 2.18. The van der Waals surface area contributed by atoms with E-state index >= 15 is 0 Å². The molecule has 0 amide bonds. The highest BCUT2D eigenvalue weighted by Gasteiger charge is 2.14. The van der Waals surface area contributed by atoms with Crippen LogP contribution in [0.5, 0.6) is 0 Å². The zero-order valence-electron chi connectivity index (χ0n) is 8.07. The van der Waals surface area contributed by atoms with Crippen LogP contribution < -0.4 is 5.32 Å². The molecular formula is C10H11IN2S2. The van der Waals surface area contributed by atoms with Gasteiger partial charge in [0.15, 0.2) is 5.11 Å². The van der Waals surface area contributed by atoms with Crippen molar-refractivity contribution in [1.82, 2.24) is 4.90 Å². The Bertz CT molecular complexity index is 364. The predicted octanol–water partition coefficient (Wildman–Crippen LogP) is 2.99. The summed E-state index contributed by atoms with van der Waals surface area (Å²) in [4.78, 5) is 2.19. The summed E-state index contributed by atoms with van der Waals surface area (Å²) in [7, 11) is 0. The highest BCUT2D eigenvalue weighted by atomic mass is 127. The van der Waals surface area contributed by atoms with Crippen molar-refractivity contribution >= 4 is 57.4 Å². The molecule has 0 atom stereocenters. The van der Waals surface area contributed by atoms with Gasteiger partial charge in [0.2, 0.25) is 0 Å². The predicted molar refractivity (Wildman–Crippen MR) is 79.4 cm³/mol. The molecule has 0 spiro atoms. The number of anilines is 1. The van der Waals surface area contributed by atoms with Crippen molar-refractivity contribution in [2.24, 2.45) is 0 Å². The zero-order chi connectivity index (χ0) is 10.7. The van der Waals surface area contributed by atoms with Crippen LogP contribution in [0.15, 0.2) is 24.3 Å². The molecule has 1 aromatic rings. The second kappa shape index (κ2) is 5.36. The minimum absolute atomic E-state index is 0.835. The van der Waals surface area contributed by atoms with E-state index in [4.69, 9.17) is 12.2 Å². The first-order chi connectivity index (χ1) is 7.25. The molecule has 15 heavy (non-hydrogen) atoms. The molecule has 2 nitrogen and oxygen atoms in total. The van der Waals surface area contributed by atoms with Crippen molar-refractivity contribution in [3.8, 4) is 0 Å². The van der Waals surface area contributed by atoms with Crippen molar-refractivity contribution in [2.45, 2.75) is 0 Å². The number of benzene rings is 1. The highest BCUT2D eigenvalue weighted by molar-refractivity contribution is 14.1. The lowest BCUT2D eigenvalue weighted by Gasteiger charge is -2.18. The van der Waals surface area contributed by atoms with E-state index in [-0.39, 0.29) is 0 Å². The Morgan fingerprint density at radius 1 is 1.53 bits per heavy atom. The molecule has 0 aliphatic carbocycles. The molecule has 0 saturated carbocycles.